The first-order valence-electron chi connectivity index (χ1n) is 8.52. The van der Waals surface area contributed by atoms with Gasteiger partial charge in [0.2, 0.25) is 5.91 Å². The van der Waals surface area contributed by atoms with Crippen LogP contribution in [0.2, 0.25) is 0 Å². The predicted octanol–water partition coefficient (Wildman–Crippen LogP) is -3.40. The minimum Gasteiger partial charge on any atom is -0.548 e. The zero-order valence-electron chi connectivity index (χ0n) is 15.4. The average molecular weight is 398 g/mol. The van der Waals surface area contributed by atoms with Crippen LogP contribution in [0.5, 0.6) is 0 Å². The molecule has 27 heavy (non-hydrogen) atoms. The summed E-state index contributed by atoms with van der Waals surface area (Å²) in [5.41, 5.74) is 1.88. The molecule has 0 radical (unpaired) electrons. The number of amides is 2. The maximum Gasteiger partial charge on any atom is 1.00 e. The van der Waals surface area contributed by atoms with Crippen molar-refractivity contribution in [2.24, 2.45) is 0 Å². The number of β-lactam (4-membered cyclic amide) rings is 1. The molecule has 0 aliphatic carbocycles. The topological polar surface area (TPSA) is 98.8 Å². The Morgan fingerprint density at radius 2 is 2.04 bits per heavy atom. The number of fused-ring (bicyclic) bond motifs is 2. The van der Waals surface area contributed by atoms with Crippen LogP contribution in [0, 0.1) is 0 Å². The number of hydrogen-bond donors (Lipinski definition) is 1. The Balaban J connectivity index is 0.00000210. The van der Waals surface area contributed by atoms with E-state index in [0.29, 0.717) is 6.61 Å². The van der Waals surface area contributed by atoms with E-state index in [4.69, 9.17) is 4.74 Å². The van der Waals surface area contributed by atoms with E-state index in [-0.39, 0.29) is 41.4 Å². The van der Waals surface area contributed by atoms with Crippen molar-refractivity contribution in [1.82, 2.24) is 10.2 Å². The van der Waals surface area contributed by atoms with E-state index in [0.717, 1.165) is 17.5 Å². The third kappa shape index (κ3) is 3.31. The van der Waals surface area contributed by atoms with Crippen LogP contribution in [-0.2, 0) is 25.5 Å². The number of aliphatic carboxylic acids is 1. The normalized spacial score (nSPS) is 30.4. The molecular weight excluding hydrogens is 379 g/mol. The van der Waals surface area contributed by atoms with Crippen molar-refractivity contribution < 1.29 is 53.8 Å². The molecule has 138 valence electrons. The fourth-order valence-corrected chi connectivity index (χ4v) is 5.59. The van der Waals surface area contributed by atoms with Crippen LogP contribution in [0.1, 0.15) is 31.1 Å². The van der Waals surface area contributed by atoms with Gasteiger partial charge in [0.15, 0.2) is 6.10 Å². The molecule has 1 aromatic rings. The smallest absolute Gasteiger partial charge is 0.548 e. The number of carbonyl (C=O) groups is 3. The first kappa shape index (κ1) is 20.7. The summed E-state index contributed by atoms with van der Waals surface area (Å²) in [5.74, 6) is -2.03. The Morgan fingerprint density at radius 3 is 2.74 bits per heavy atom. The first-order valence-corrected chi connectivity index (χ1v) is 9.40. The van der Waals surface area contributed by atoms with Gasteiger partial charge in [-0.25, -0.2) is 0 Å². The van der Waals surface area contributed by atoms with E-state index >= 15 is 0 Å². The van der Waals surface area contributed by atoms with Gasteiger partial charge in [-0.1, -0.05) is 24.3 Å². The van der Waals surface area contributed by atoms with E-state index in [2.05, 4.69) is 5.32 Å². The van der Waals surface area contributed by atoms with Gasteiger partial charge in [0.25, 0.3) is 5.91 Å². The molecule has 0 bridgehead atoms. The molecule has 0 aromatic heterocycles. The van der Waals surface area contributed by atoms with Crippen LogP contribution in [-0.4, -0.2) is 51.5 Å². The van der Waals surface area contributed by atoms with Crippen molar-refractivity contribution in [3.8, 4) is 0 Å². The summed E-state index contributed by atoms with van der Waals surface area (Å²) in [4.78, 5) is 38.0. The number of carbonyl (C=O) groups excluding carboxylic acids is 3. The number of ether oxygens (including phenoxy) is 1. The Morgan fingerprint density at radius 1 is 1.33 bits per heavy atom. The average Bonchev–Trinajstić information content (AvgIpc) is 2.87. The second-order valence-electron chi connectivity index (χ2n) is 7.26. The van der Waals surface area contributed by atoms with Gasteiger partial charge in [0, 0.05) is 4.75 Å². The molecule has 3 aliphatic heterocycles. The third-order valence-corrected chi connectivity index (χ3v) is 6.77. The molecule has 0 spiro atoms. The number of rotatable bonds is 3. The first-order chi connectivity index (χ1) is 12.3. The Labute approximate surface area is 183 Å². The van der Waals surface area contributed by atoms with Gasteiger partial charge in [-0.15, -0.1) is 11.8 Å². The summed E-state index contributed by atoms with van der Waals surface area (Å²) in [5, 5.41) is 13.8. The van der Waals surface area contributed by atoms with Gasteiger partial charge >= 0.3 is 29.6 Å². The van der Waals surface area contributed by atoms with Crippen molar-refractivity contribution in [1.29, 1.82) is 0 Å². The zero-order chi connectivity index (χ0) is 18.6. The van der Waals surface area contributed by atoms with Gasteiger partial charge in [0.1, 0.15) is 11.4 Å². The van der Waals surface area contributed by atoms with Crippen LogP contribution in [0.15, 0.2) is 24.3 Å². The minimum atomic E-state index is -1.27. The second-order valence-corrected chi connectivity index (χ2v) is 9.04. The summed E-state index contributed by atoms with van der Waals surface area (Å²) in [7, 11) is 0. The molecule has 3 heterocycles. The molecule has 2 fully saturated rings. The van der Waals surface area contributed by atoms with E-state index in [1.165, 1.54) is 16.7 Å². The van der Waals surface area contributed by atoms with Crippen molar-refractivity contribution in [3.63, 3.8) is 0 Å². The minimum absolute atomic E-state index is 0. The molecule has 4 atom stereocenters. The van der Waals surface area contributed by atoms with Gasteiger partial charge in [-0.05, 0) is 31.4 Å². The van der Waals surface area contributed by atoms with E-state index < -0.39 is 34.3 Å². The summed E-state index contributed by atoms with van der Waals surface area (Å²) in [6, 6.07) is 5.85. The quantitative estimate of drug-likeness (QED) is 0.421. The van der Waals surface area contributed by atoms with Crippen LogP contribution in [0.3, 0.4) is 0 Å². The van der Waals surface area contributed by atoms with E-state index in [1.807, 2.05) is 24.3 Å². The number of nitrogens with zero attached hydrogens (tertiary/aromatic N) is 1. The maximum atomic E-state index is 12.7. The van der Waals surface area contributed by atoms with Gasteiger partial charge in [-0.3, -0.25) is 9.59 Å². The monoisotopic (exact) mass is 398 g/mol. The number of hydrogen-bond acceptors (Lipinski definition) is 6. The van der Waals surface area contributed by atoms with Gasteiger partial charge in [0.05, 0.1) is 18.6 Å². The van der Waals surface area contributed by atoms with E-state index in [1.54, 1.807) is 13.8 Å². The molecule has 1 N–H and O–H groups in total. The zero-order valence-corrected chi connectivity index (χ0v) is 18.2. The van der Waals surface area contributed by atoms with Crippen LogP contribution in [0.4, 0.5) is 0 Å². The number of thioether (sulfide) groups is 1. The van der Waals surface area contributed by atoms with Gasteiger partial charge in [-0.2, -0.15) is 0 Å². The van der Waals surface area contributed by atoms with Crippen LogP contribution < -0.4 is 40.0 Å². The van der Waals surface area contributed by atoms with Crippen molar-refractivity contribution in [3.05, 3.63) is 35.4 Å². The predicted molar refractivity (Wildman–Crippen MR) is 91.9 cm³/mol. The van der Waals surface area contributed by atoms with Crippen molar-refractivity contribution >= 4 is 29.5 Å². The van der Waals surface area contributed by atoms with Crippen molar-refractivity contribution in [2.45, 2.75) is 48.6 Å². The SMILES string of the molecule is CC1(C)S[C@@H]2[C@H](NC(=O)[C@H]3OCCc4ccccc43)C(=O)N2[C@H]1C(=O)[O-].[Na+]. The summed E-state index contributed by atoms with van der Waals surface area (Å²) < 4.78 is 4.96. The number of carboxylic acid groups (broad SMARTS) is 1. The maximum absolute atomic E-state index is 12.7. The summed E-state index contributed by atoms with van der Waals surface area (Å²) in [6.45, 7) is 3.98. The Bertz CT molecular complexity index is 802. The molecular formula is C18H19N2NaO5S. The van der Waals surface area contributed by atoms with Crippen LogP contribution in [0.25, 0.3) is 0 Å². The number of nitrogens with one attached hydrogen (secondary N) is 1. The third-order valence-electron chi connectivity index (χ3n) is 5.19. The standard InChI is InChI=1S/C18H20N2O5S.Na/c1-18(2)13(17(23)24)20-15(22)11(16(20)26-18)19-14(21)12-10-6-4-3-5-9(10)7-8-25-12;/h3-6,11-13,16H,7-8H2,1-2H3,(H,19,21)(H,23,24);/q;+1/p-1/t11-,12+,13+,16-;/m1./s1. The number of benzene rings is 1. The molecule has 3 aliphatic rings. The molecule has 0 unspecified atom stereocenters. The molecule has 1 aromatic carbocycles. The molecule has 9 heteroatoms. The van der Waals surface area contributed by atoms with E-state index in [9.17, 15) is 19.5 Å². The molecule has 2 saturated heterocycles. The molecule has 4 rings (SSSR count). The largest absolute Gasteiger partial charge is 1.00 e. The molecule has 2 amide bonds. The van der Waals surface area contributed by atoms with Gasteiger partial charge < -0.3 is 24.9 Å². The van der Waals surface area contributed by atoms with Crippen molar-refractivity contribution in [2.75, 3.05) is 6.61 Å². The summed E-state index contributed by atoms with van der Waals surface area (Å²) >= 11 is 1.37. The fourth-order valence-electron chi connectivity index (χ4n) is 3.97. The van der Waals surface area contributed by atoms with Crippen LogP contribution >= 0.6 is 11.8 Å². The Hall–Kier alpha value is -1.06. The summed E-state index contributed by atoms with van der Waals surface area (Å²) in [6.07, 6.45) is -0.00563. The molecule has 0 saturated carbocycles. The number of carboxylic acids is 1. The fraction of sp³-hybridized carbons (Fsp3) is 0.500. The molecule has 7 nitrogen and oxygen atoms in total. The Kier molecular flexibility index (Phi) is 5.67. The second kappa shape index (κ2) is 7.40.